The SMILES string of the molecule is CNCc1nn(Cc2csc(C)n2)c2ccccc12. The van der Waals surface area contributed by atoms with E-state index in [2.05, 4.69) is 39.9 Å². The summed E-state index contributed by atoms with van der Waals surface area (Å²) >= 11 is 1.68. The molecule has 2 aromatic heterocycles. The zero-order valence-electron chi connectivity index (χ0n) is 11.1. The van der Waals surface area contributed by atoms with E-state index in [1.807, 2.05) is 18.7 Å². The van der Waals surface area contributed by atoms with Gasteiger partial charge in [-0.3, -0.25) is 4.68 Å². The fourth-order valence-electron chi connectivity index (χ4n) is 2.25. The highest BCUT2D eigenvalue weighted by molar-refractivity contribution is 7.09. The number of aryl methyl sites for hydroxylation is 1. The predicted molar refractivity (Wildman–Crippen MR) is 78.4 cm³/mol. The maximum atomic E-state index is 4.70. The van der Waals surface area contributed by atoms with Crippen molar-refractivity contribution < 1.29 is 0 Å². The third-order valence-corrected chi connectivity index (χ3v) is 3.88. The molecule has 3 rings (SSSR count). The van der Waals surface area contributed by atoms with Crippen LogP contribution in [0.2, 0.25) is 0 Å². The third-order valence-electron chi connectivity index (χ3n) is 3.06. The predicted octanol–water partition coefficient (Wildman–Crippen LogP) is 2.57. The Labute approximate surface area is 116 Å². The molecule has 0 radical (unpaired) electrons. The van der Waals surface area contributed by atoms with Gasteiger partial charge < -0.3 is 5.32 Å². The van der Waals surface area contributed by atoms with Gasteiger partial charge in [-0.05, 0) is 20.0 Å². The zero-order chi connectivity index (χ0) is 13.2. The fourth-order valence-corrected chi connectivity index (χ4v) is 2.85. The van der Waals surface area contributed by atoms with E-state index in [4.69, 9.17) is 5.10 Å². The lowest BCUT2D eigenvalue weighted by molar-refractivity contribution is 0.668. The summed E-state index contributed by atoms with van der Waals surface area (Å²) in [6.45, 7) is 3.54. The molecule has 1 aromatic carbocycles. The van der Waals surface area contributed by atoms with E-state index in [1.165, 1.54) is 10.9 Å². The van der Waals surface area contributed by atoms with Crippen molar-refractivity contribution in [2.24, 2.45) is 0 Å². The minimum absolute atomic E-state index is 0.731. The Hall–Kier alpha value is -1.72. The van der Waals surface area contributed by atoms with Gasteiger partial charge >= 0.3 is 0 Å². The van der Waals surface area contributed by atoms with Gasteiger partial charge in [-0.1, -0.05) is 18.2 Å². The molecule has 2 heterocycles. The van der Waals surface area contributed by atoms with Crippen LogP contribution in [0.25, 0.3) is 10.9 Å². The van der Waals surface area contributed by atoms with Gasteiger partial charge in [-0.25, -0.2) is 4.98 Å². The average molecular weight is 272 g/mol. The smallest absolute Gasteiger partial charge is 0.0898 e. The highest BCUT2D eigenvalue weighted by atomic mass is 32.1. The molecule has 98 valence electrons. The number of hydrogen-bond donors (Lipinski definition) is 1. The molecule has 0 spiro atoms. The molecule has 19 heavy (non-hydrogen) atoms. The topological polar surface area (TPSA) is 42.7 Å². The number of para-hydroxylation sites is 1. The second-order valence-electron chi connectivity index (χ2n) is 4.51. The maximum Gasteiger partial charge on any atom is 0.0898 e. The number of nitrogens with zero attached hydrogens (tertiary/aromatic N) is 3. The Morgan fingerprint density at radius 3 is 2.89 bits per heavy atom. The zero-order valence-corrected chi connectivity index (χ0v) is 11.9. The van der Waals surface area contributed by atoms with E-state index in [9.17, 15) is 0 Å². The van der Waals surface area contributed by atoms with Crippen LogP contribution in [0.5, 0.6) is 0 Å². The lowest BCUT2D eigenvalue weighted by Crippen LogP contribution is -2.07. The van der Waals surface area contributed by atoms with Gasteiger partial charge in [0, 0.05) is 17.3 Å². The quantitative estimate of drug-likeness (QED) is 0.794. The molecule has 0 amide bonds. The van der Waals surface area contributed by atoms with Crippen LogP contribution in [0.4, 0.5) is 0 Å². The van der Waals surface area contributed by atoms with E-state index >= 15 is 0 Å². The summed E-state index contributed by atoms with van der Waals surface area (Å²) in [5.74, 6) is 0. The number of aromatic nitrogens is 3. The molecule has 0 unspecified atom stereocenters. The number of rotatable bonds is 4. The molecule has 0 atom stereocenters. The van der Waals surface area contributed by atoms with Gasteiger partial charge in [0.2, 0.25) is 0 Å². The Morgan fingerprint density at radius 2 is 2.16 bits per heavy atom. The van der Waals surface area contributed by atoms with Crippen molar-refractivity contribution in [3.63, 3.8) is 0 Å². The van der Waals surface area contributed by atoms with Crippen LogP contribution in [0.1, 0.15) is 16.4 Å². The molecule has 0 saturated carbocycles. The van der Waals surface area contributed by atoms with Crippen molar-refractivity contribution in [2.45, 2.75) is 20.0 Å². The molecule has 0 bridgehead atoms. The van der Waals surface area contributed by atoms with Crippen molar-refractivity contribution in [3.8, 4) is 0 Å². The van der Waals surface area contributed by atoms with Crippen LogP contribution in [-0.4, -0.2) is 21.8 Å². The van der Waals surface area contributed by atoms with Crippen molar-refractivity contribution in [2.75, 3.05) is 7.05 Å². The Morgan fingerprint density at radius 1 is 1.32 bits per heavy atom. The molecular formula is C14H16N4S. The fraction of sp³-hybridized carbons (Fsp3) is 0.286. The standard InChI is InChI=1S/C14H16N4S/c1-10-16-11(9-19-10)8-18-14-6-4-3-5-12(14)13(17-18)7-15-2/h3-6,9,15H,7-8H2,1-2H3. The number of fused-ring (bicyclic) bond motifs is 1. The van der Waals surface area contributed by atoms with Crippen LogP contribution in [0.3, 0.4) is 0 Å². The lowest BCUT2D eigenvalue weighted by Gasteiger charge is -2.00. The summed E-state index contributed by atoms with van der Waals surface area (Å²) in [5, 5.41) is 12.3. The number of benzene rings is 1. The van der Waals surface area contributed by atoms with E-state index in [0.717, 1.165) is 29.5 Å². The van der Waals surface area contributed by atoms with Gasteiger partial charge in [-0.15, -0.1) is 11.3 Å². The summed E-state index contributed by atoms with van der Waals surface area (Å²) in [6.07, 6.45) is 0. The number of thiazole rings is 1. The van der Waals surface area contributed by atoms with Crippen LogP contribution in [0.15, 0.2) is 29.6 Å². The highest BCUT2D eigenvalue weighted by Gasteiger charge is 2.10. The van der Waals surface area contributed by atoms with Crippen molar-refractivity contribution >= 4 is 22.2 Å². The minimum atomic E-state index is 0.731. The molecule has 4 nitrogen and oxygen atoms in total. The van der Waals surface area contributed by atoms with Crippen molar-refractivity contribution in [1.29, 1.82) is 0 Å². The molecule has 0 saturated heterocycles. The Bertz CT molecular complexity index is 698. The van der Waals surface area contributed by atoms with E-state index in [0.29, 0.717) is 0 Å². The molecule has 0 aliphatic heterocycles. The third kappa shape index (κ3) is 2.39. The van der Waals surface area contributed by atoms with Gasteiger partial charge in [0.15, 0.2) is 0 Å². The molecular weight excluding hydrogens is 256 g/mol. The lowest BCUT2D eigenvalue weighted by atomic mass is 10.2. The van der Waals surface area contributed by atoms with Gasteiger partial charge in [0.1, 0.15) is 0 Å². The van der Waals surface area contributed by atoms with Crippen LogP contribution >= 0.6 is 11.3 Å². The van der Waals surface area contributed by atoms with Crippen LogP contribution in [0, 0.1) is 6.92 Å². The van der Waals surface area contributed by atoms with Gasteiger partial charge in [0.25, 0.3) is 0 Å². The first-order valence-electron chi connectivity index (χ1n) is 6.28. The summed E-state index contributed by atoms with van der Waals surface area (Å²) in [5.41, 5.74) is 3.33. The normalized spacial score (nSPS) is 11.3. The molecule has 0 aliphatic rings. The number of hydrogen-bond acceptors (Lipinski definition) is 4. The monoisotopic (exact) mass is 272 g/mol. The van der Waals surface area contributed by atoms with E-state index < -0.39 is 0 Å². The summed E-state index contributed by atoms with van der Waals surface area (Å²) in [4.78, 5) is 4.51. The first kappa shape index (κ1) is 12.3. The Kier molecular flexibility index (Phi) is 3.31. The number of nitrogens with one attached hydrogen (secondary N) is 1. The molecule has 3 aromatic rings. The largest absolute Gasteiger partial charge is 0.314 e. The summed E-state index contributed by atoms with van der Waals surface area (Å²) in [7, 11) is 1.94. The van der Waals surface area contributed by atoms with Gasteiger partial charge in [-0.2, -0.15) is 5.10 Å². The maximum absolute atomic E-state index is 4.70. The first-order chi connectivity index (χ1) is 9.28. The molecule has 5 heteroatoms. The van der Waals surface area contributed by atoms with E-state index in [1.54, 1.807) is 11.3 Å². The minimum Gasteiger partial charge on any atom is -0.314 e. The van der Waals surface area contributed by atoms with E-state index in [-0.39, 0.29) is 0 Å². The average Bonchev–Trinajstić information content (AvgIpc) is 2.97. The second-order valence-corrected chi connectivity index (χ2v) is 5.57. The molecule has 0 fully saturated rings. The first-order valence-corrected chi connectivity index (χ1v) is 7.16. The highest BCUT2D eigenvalue weighted by Crippen LogP contribution is 2.20. The van der Waals surface area contributed by atoms with Crippen molar-refractivity contribution in [3.05, 3.63) is 46.0 Å². The molecule has 1 N–H and O–H groups in total. The van der Waals surface area contributed by atoms with Crippen LogP contribution in [-0.2, 0) is 13.1 Å². The summed E-state index contributed by atoms with van der Waals surface area (Å²) < 4.78 is 2.04. The second kappa shape index (κ2) is 5.11. The summed E-state index contributed by atoms with van der Waals surface area (Å²) in [6, 6.07) is 8.34. The van der Waals surface area contributed by atoms with Crippen molar-refractivity contribution in [1.82, 2.24) is 20.1 Å². The van der Waals surface area contributed by atoms with Gasteiger partial charge in [0.05, 0.1) is 28.5 Å². The Balaban J connectivity index is 2.03. The molecule has 0 aliphatic carbocycles. The van der Waals surface area contributed by atoms with Crippen LogP contribution < -0.4 is 5.32 Å².